The number of benzene rings is 3. The molecule has 4 aromatic rings. The van der Waals surface area contributed by atoms with Gasteiger partial charge in [-0.2, -0.15) is 0 Å². The van der Waals surface area contributed by atoms with E-state index in [1.807, 2.05) is 73.7 Å². The molecule has 0 radical (unpaired) electrons. The van der Waals surface area contributed by atoms with Crippen molar-refractivity contribution in [1.29, 1.82) is 0 Å². The average Bonchev–Trinajstić information content (AvgIpc) is 2.87. The van der Waals surface area contributed by atoms with Crippen molar-refractivity contribution in [3.63, 3.8) is 0 Å². The van der Waals surface area contributed by atoms with E-state index < -0.39 is 6.04 Å². The van der Waals surface area contributed by atoms with E-state index >= 15 is 0 Å². The molecule has 3 aromatic carbocycles. The van der Waals surface area contributed by atoms with Crippen LogP contribution in [0.2, 0.25) is 5.02 Å². The first-order valence-corrected chi connectivity index (χ1v) is 12.3. The molecule has 180 valence electrons. The maximum atomic E-state index is 14.1. The highest BCUT2D eigenvalue weighted by Crippen LogP contribution is 2.30. The molecule has 1 fully saturated rings. The first kappa shape index (κ1) is 23.4. The van der Waals surface area contributed by atoms with Crippen LogP contribution in [0.3, 0.4) is 0 Å². The Kier molecular flexibility index (Phi) is 6.50. The Morgan fingerprint density at radius 1 is 0.886 bits per heavy atom. The van der Waals surface area contributed by atoms with Crippen LogP contribution in [0.5, 0.6) is 0 Å². The molecule has 0 amide bonds. The highest BCUT2D eigenvalue weighted by molar-refractivity contribution is 6.31. The Labute approximate surface area is 209 Å². The fourth-order valence-electron chi connectivity index (χ4n) is 4.89. The van der Waals surface area contributed by atoms with Gasteiger partial charge in [0.05, 0.1) is 29.2 Å². The monoisotopic (exact) mass is 488 g/mol. The van der Waals surface area contributed by atoms with Gasteiger partial charge < -0.3 is 9.80 Å². The van der Waals surface area contributed by atoms with E-state index in [-0.39, 0.29) is 11.2 Å². The molecule has 0 bridgehead atoms. The number of halogens is 1. The Morgan fingerprint density at radius 3 is 2.17 bits per heavy atom. The molecular formula is C28H29ClN4O2. The van der Waals surface area contributed by atoms with Crippen molar-refractivity contribution in [3.05, 3.63) is 110 Å². The summed E-state index contributed by atoms with van der Waals surface area (Å²) in [6, 6.07) is 22.7. The van der Waals surface area contributed by atoms with Gasteiger partial charge in [0, 0.05) is 31.2 Å². The van der Waals surface area contributed by atoms with Crippen LogP contribution in [0.1, 0.15) is 24.1 Å². The van der Waals surface area contributed by atoms with Crippen molar-refractivity contribution in [1.82, 2.24) is 14.0 Å². The second-order valence-electron chi connectivity index (χ2n) is 9.23. The van der Waals surface area contributed by atoms with E-state index in [1.165, 1.54) is 4.57 Å². The summed E-state index contributed by atoms with van der Waals surface area (Å²) in [6.07, 6.45) is 0. The van der Waals surface area contributed by atoms with Gasteiger partial charge in [-0.05, 0) is 37.2 Å². The number of anilines is 1. The standard InChI is InChI=1S/C28H29ClN4O2/c1-20(22-11-7-4-8-12-22)33-27(34)26-24(31-15-13-30(2)14-16-31)17-23(29)18-25(26)32(28(33)35)19-21-9-5-3-6-10-21/h3-12,17-18,20H,13-16,19H2,1-2H3/t20-/m0/s1. The summed E-state index contributed by atoms with van der Waals surface area (Å²) in [5.74, 6) is 0. The van der Waals surface area contributed by atoms with Gasteiger partial charge in [-0.25, -0.2) is 4.79 Å². The summed E-state index contributed by atoms with van der Waals surface area (Å²) in [5, 5.41) is 1.05. The van der Waals surface area contributed by atoms with Crippen molar-refractivity contribution in [2.75, 3.05) is 38.1 Å². The molecule has 1 aliphatic heterocycles. The van der Waals surface area contributed by atoms with Gasteiger partial charge in [0.15, 0.2) is 0 Å². The normalized spacial score (nSPS) is 15.5. The van der Waals surface area contributed by atoms with Gasteiger partial charge >= 0.3 is 5.69 Å². The number of hydrogen-bond donors (Lipinski definition) is 0. The van der Waals surface area contributed by atoms with E-state index in [9.17, 15) is 9.59 Å². The molecule has 0 spiro atoms. The van der Waals surface area contributed by atoms with Crippen LogP contribution < -0.4 is 16.1 Å². The zero-order valence-corrected chi connectivity index (χ0v) is 20.8. The number of aromatic nitrogens is 2. The van der Waals surface area contributed by atoms with Gasteiger partial charge in [-0.1, -0.05) is 72.3 Å². The predicted molar refractivity (Wildman–Crippen MR) is 143 cm³/mol. The molecule has 35 heavy (non-hydrogen) atoms. The lowest BCUT2D eigenvalue weighted by molar-refractivity contribution is 0.313. The second kappa shape index (κ2) is 9.72. The maximum absolute atomic E-state index is 14.1. The number of fused-ring (bicyclic) bond motifs is 1. The topological polar surface area (TPSA) is 50.5 Å². The lowest BCUT2D eigenvalue weighted by Crippen LogP contribution is -2.46. The molecule has 1 aliphatic rings. The molecule has 2 heterocycles. The van der Waals surface area contributed by atoms with Crippen molar-refractivity contribution in [2.45, 2.75) is 19.5 Å². The minimum Gasteiger partial charge on any atom is -0.368 e. The molecule has 0 unspecified atom stereocenters. The van der Waals surface area contributed by atoms with Gasteiger partial charge in [0.25, 0.3) is 5.56 Å². The first-order chi connectivity index (χ1) is 16.9. The number of piperazine rings is 1. The van der Waals surface area contributed by atoms with E-state index in [0.29, 0.717) is 22.5 Å². The summed E-state index contributed by atoms with van der Waals surface area (Å²) in [7, 11) is 2.10. The lowest BCUT2D eigenvalue weighted by Gasteiger charge is -2.35. The Bertz CT molecular complexity index is 1460. The van der Waals surface area contributed by atoms with Crippen LogP contribution in [0.4, 0.5) is 5.69 Å². The molecule has 1 saturated heterocycles. The van der Waals surface area contributed by atoms with Gasteiger partial charge in [-0.15, -0.1) is 0 Å². The van der Waals surface area contributed by atoms with E-state index in [2.05, 4.69) is 16.8 Å². The molecule has 0 N–H and O–H groups in total. The predicted octanol–water partition coefficient (Wildman–Crippen LogP) is 4.23. The Balaban J connectivity index is 1.80. The van der Waals surface area contributed by atoms with Gasteiger partial charge in [0.2, 0.25) is 0 Å². The van der Waals surface area contributed by atoms with Crippen molar-refractivity contribution >= 4 is 28.2 Å². The number of hydrogen-bond acceptors (Lipinski definition) is 4. The number of likely N-dealkylation sites (N-methyl/N-ethyl adjacent to an activating group) is 1. The SMILES string of the molecule is C[C@@H](c1ccccc1)n1c(=O)c2c(N3CCN(C)CC3)cc(Cl)cc2n(Cc2ccccc2)c1=O. The van der Waals surface area contributed by atoms with Crippen LogP contribution in [-0.2, 0) is 6.54 Å². The summed E-state index contributed by atoms with van der Waals surface area (Å²) in [4.78, 5) is 32.5. The second-order valence-corrected chi connectivity index (χ2v) is 9.66. The molecule has 1 atom stereocenters. The molecule has 5 rings (SSSR count). The quantitative estimate of drug-likeness (QED) is 0.422. The lowest BCUT2D eigenvalue weighted by atomic mass is 10.1. The first-order valence-electron chi connectivity index (χ1n) is 11.9. The van der Waals surface area contributed by atoms with Gasteiger partial charge in [-0.3, -0.25) is 13.9 Å². The van der Waals surface area contributed by atoms with Gasteiger partial charge in [0.1, 0.15) is 0 Å². The molecule has 0 aliphatic carbocycles. The third-order valence-corrected chi connectivity index (χ3v) is 7.14. The zero-order chi connectivity index (χ0) is 24.5. The summed E-state index contributed by atoms with van der Waals surface area (Å²) < 4.78 is 3.09. The van der Waals surface area contributed by atoms with Crippen molar-refractivity contribution in [3.8, 4) is 0 Å². The van der Waals surface area contributed by atoms with Crippen molar-refractivity contribution in [2.24, 2.45) is 0 Å². The number of nitrogens with zero attached hydrogens (tertiary/aromatic N) is 4. The maximum Gasteiger partial charge on any atom is 0.332 e. The zero-order valence-electron chi connectivity index (χ0n) is 20.0. The highest BCUT2D eigenvalue weighted by atomic mass is 35.5. The van der Waals surface area contributed by atoms with E-state index in [4.69, 9.17) is 11.6 Å². The van der Waals surface area contributed by atoms with Crippen LogP contribution in [0.15, 0.2) is 82.4 Å². The third kappa shape index (κ3) is 4.51. The van der Waals surface area contributed by atoms with Crippen LogP contribution >= 0.6 is 11.6 Å². The summed E-state index contributed by atoms with van der Waals surface area (Å²) >= 11 is 6.59. The van der Waals surface area contributed by atoms with Crippen LogP contribution in [-0.4, -0.2) is 47.3 Å². The largest absolute Gasteiger partial charge is 0.368 e. The molecule has 6 nitrogen and oxygen atoms in total. The Morgan fingerprint density at radius 2 is 1.51 bits per heavy atom. The number of rotatable bonds is 5. The van der Waals surface area contributed by atoms with Crippen molar-refractivity contribution < 1.29 is 0 Å². The molecule has 7 heteroatoms. The minimum absolute atomic E-state index is 0.281. The fourth-order valence-corrected chi connectivity index (χ4v) is 5.10. The van der Waals surface area contributed by atoms with E-state index in [1.54, 1.807) is 10.6 Å². The van der Waals surface area contributed by atoms with Crippen LogP contribution in [0.25, 0.3) is 10.9 Å². The average molecular weight is 489 g/mol. The minimum atomic E-state index is -0.418. The summed E-state index contributed by atoms with van der Waals surface area (Å²) in [5.41, 5.74) is 2.63. The van der Waals surface area contributed by atoms with E-state index in [0.717, 1.165) is 43.0 Å². The molecule has 0 saturated carbocycles. The molecular weight excluding hydrogens is 460 g/mol. The van der Waals surface area contributed by atoms with Crippen LogP contribution in [0, 0.1) is 0 Å². The summed E-state index contributed by atoms with van der Waals surface area (Å²) in [6.45, 7) is 5.62. The molecule has 1 aromatic heterocycles. The fraction of sp³-hybridized carbons (Fsp3) is 0.286. The Hall–Kier alpha value is -3.35. The highest BCUT2D eigenvalue weighted by Gasteiger charge is 2.24. The third-order valence-electron chi connectivity index (χ3n) is 6.92. The smallest absolute Gasteiger partial charge is 0.332 e.